The first-order valence-corrected chi connectivity index (χ1v) is 18.5. The summed E-state index contributed by atoms with van der Waals surface area (Å²) in [6.07, 6.45) is 0.745. The van der Waals surface area contributed by atoms with E-state index in [1.54, 1.807) is 30.3 Å². The molecule has 2 aliphatic carbocycles. The molecule has 5 rings (SSSR count). The van der Waals surface area contributed by atoms with Gasteiger partial charge in [0.25, 0.3) is 0 Å². The molecule has 2 aromatic carbocycles. The number of halogens is 5. The SMILES string of the molecule is C=CCC1=C(C)C(OC(=O)C2C(C=C(C)C)C2(C)C)CC1=O.CO/C=C(/C(=O)OC)c1ccccc1COc1cc(C(F)(F)F)nc(Nc2ccc(Cl)cc2Cl)n1. The van der Waals surface area contributed by atoms with Crippen LogP contribution in [0.2, 0.25) is 10.0 Å². The summed E-state index contributed by atoms with van der Waals surface area (Å²) in [6, 6.07) is 11.7. The molecule has 1 N–H and O–H groups in total. The van der Waals surface area contributed by atoms with Gasteiger partial charge in [0, 0.05) is 16.7 Å². The van der Waals surface area contributed by atoms with E-state index in [2.05, 4.69) is 41.8 Å². The van der Waals surface area contributed by atoms with Gasteiger partial charge in [0.2, 0.25) is 11.8 Å². The van der Waals surface area contributed by atoms with E-state index < -0.39 is 23.9 Å². The van der Waals surface area contributed by atoms with Gasteiger partial charge in [0.15, 0.2) is 11.5 Å². The molecule has 3 atom stereocenters. The van der Waals surface area contributed by atoms with Gasteiger partial charge in [-0.05, 0) is 73.4 Å². The van der Waals surface area contributed by atoms with E-state index in [1.807, 2.05) is 20.8 Å². The van der Waals surface area contributed by atoms with Gasteiger partial charge in [0.1, 0.15) is 18.3 Å². The lowest BCUT2D eigenvalue weighted by atomic mass is 10.0. The van der Waals surface area contributed by atoms with Crippen LogP contribution in [0.3, 0.4) is 0 Å². The third-order valence-electron chi connectivity index (χ3n) is 9.45. The fourth-order valence-corrected chi connectivity index (χ4v) is 6.80. The molecule has 0 radical (unpaired) electrons. The number of ether oxygens (including phenoxy) is 4. The average molecular weight is 831 g/mol. The molecule has 0 bridgehead atoms. The minimum Gasteiger partial charge on any atom is -0.503 e. The van der Waals surface area contributed by atoms with Crippen molar-refractivity contribution in [1.82, 2.24) is 9.97 Å². The van der Waals surface area contributed by atoms with Crippen LogP contribution in [0.15, 0.2) is 90.2 Å². The highest BCUT2D eigenvalue weighted by Gasteiger charge is 2.61. The Bertz CT molecular complexity index is 2110. The number of rotatable bonds is 13. The maximum absolute atomic E-state index is 13.5. The van der Waals surface area contributed by atoms with Gasteiger partial charge in [-0.15, -0.1) is 6.58 Å². The maximum Gasteiger partial charge on any atom is 0.433 e. The number of carbonyl (C=O) groups excluding carboxylic acids is 3. The minimum atomic E-state index is -4.77. The summed E-state index contributed by atoms with van der Waals surface area (Å²) in [5.41, 5.74) is 2.82. The number of aromatic nitrogens is 2. The topological polar surface area (TPSA) is 126 Å². The van der Waals surface area contributed by atoms with Crippen molar-refractivity contribution in [3.05, 3.63) is 117 Å². The number of ketones is 1. The predicted octanol–water partition coefficient (Wildman–Crippen LogP) is 10.3. The van der Waals surface area contributed by atoms with Crippen LogP contribution in [-0.2, 0) is 41.4 Å². The van der Waals surface area contributed by atoms with Crippen LogP contribution in [0.5, 0.6) is 5.88 Å². The molecular weight excluding hydrogens is 786 g/mol. The summed E-state index contributed by atoms with van der Waals surface area (Å²) in [4.78, 5) is 44.2. The molecule has 0 saturated heterocycles. The van der Waals surface area contributed by atoms with Crippen LogP contribution in [0.25, 0.3) is 5.57 Å². The summed E-state index contributed by atoms with van der Waals surface area (Å²) in [6.45, 7) is 13.6. The van der Waals surface area contributed by atoms with Crippen molar-refractivity contribution in [2.75, 3.05) is 19.5 Å². The zero-order valence-corrected chi connectivity index (χ0v) is 34.1. The number of alkyl halides is 3. The Balaban J connectivity index is 0.000000281. The number of allylic oxidation sites excluding steroid dienone is 4. The Morgan fingerprint density at radius 1 is 1.07 bits per heavy atom. The van der Waals surface area contributed by atoms with E-state index in [0.717, 1.165) is 11.1 Å². The Labute approximate surface area is 339 Å². The van der Waals surface area contributed by atoms with Crippen LogP contribution in [-0.4, -0.2) is 48.0 Å². The Morgan fingerprint density at radius 3 is 2.39 bits per heavy atom. The highest BCUT2D eigenvalue weighted by molar-refractivity contribution is 6.36. The van der Waals surface area contributed by atoms with Crippen molar-refractivity contribution in [3.8, 4) is 5.88 Å². The summed E-state index contributed by atoms with van der Waals surface area (Å²) in [5, 5.41) is 3.15. The number of benzene rings is 2. The number of nitrogens with one attached hydrogen (secondary N) is 1. The molecule has 1 fully saturated rings. The minimum absolute atomic E-state index is 0.0570. The van der Waals surface area contributed by atoms with Crippen LogP contribution in [0.4, 0.5) is 24.8 Å². The van der Waals surface area contributed by atoms with E-state index in [-0.39, 0.29) is 70.1 Å². The molecule has 0 amide bonds. The third kappa shape index (κ3) is 11.3. The lowest BCUT2D eigenvalue weighted by Crippen LogP contribution is -2.20. The number of anilines is 2. The van der Waals surface area contributed by atoms with Crippen LogP contribution >= 0.6 is 23.2 Å². The zero-order valence-electron chi connectivity index (χ0n) is 32.6. The monoisotopic (exact) mass is 829 g/mol. The predicted molar refractivity (Wildman–Crippen MR) is 212 cm³/mol. The molecule has 3 aromatic rings. The first-order valence-electron chi connectivity index (χ1n) is 17.7. The molecule has 0 spiro atoms. The molecule has 1 aromatic heterocycles. The first-order chi connectivity index (χ1) is 26.8. The number of hydrogen-bond acceptors (Lipinski definition) is 10. The van der Waals surface area contributed by atoms with Gasteiger partial charge < -0.3 is 24.3 Å². The normalized spacial score (nSPS) is 18.5. The van der Waals surface area contributed by atoms with Gasteiger partial charge >= 0.3 is 18.1 Å². The molecule has 2 aliphatic rings. The molecular formula is C42H44Cl2F3N3O7. The van der Waals surface area contributed by atoms with Crippen molar-refractivity contribution < 1.29 is 46.5 Å². The summed E-state index contributed by atoms with van der Waals surface area (Å²) in [7, 11) is 2.58. The molecule has 1 saturated carbocycles. The molecule has 304 valence electrons. The molecule has 57 heavy (non-hydrogen) atoms. The summed E-state index contributed by atoms with van der Waals surface area (Å²) >= 11 is 12.0. The van der Waals surface area contributed by atoms with Crippen molar-refractivity contribution in [1.29, 1.82) is 0 Å². The lowest BCUT2D eigenvalue weighted by molar-refractivity contribution is -0.150. The first kappa shape index (κ1) is 44.6. The van der Waals surface area contributed by atoms with Gasteiger partial charge in [-0.1, -0.05) is 79.0 Å². The fraction of sp³-hybridized carbons (Fsp3) is 0.357. The van der Waals surface area contributed by atoms with E-state index in [4.69, 9.17) is 42.1 Å². The van der Waals surface area contributed by atoms with E-state index in [0.29, 0.717) is 28.6 Å². The van der Waals surface area contributed by atoms with Crippen LogP contribution in [0, 0.1) is 17.3 Å². The fourth-order valence-electron chi connectivity index (χ4n) is 6.34. The Hall–Kier alpha value is -5.14. The second kappa shape index (κ2) is 18.9. The number of nitrogens with zero attached hydrogens (tertiary/aromatic N) is 2. The number of hydrogen-bond donors (Lipinski definition) is 1. The number of methoxy groups -OCH3 is 2. The van der Waals surface area contributed by atoms with E-state index in [1.165, 1.54) is 44.3 Å². The summed E-state index contributed by atoms with van der Waals surface area (Å²) < 4.78 is 61.4. The highest BCUT2D eigenvalue weighted by atomic mass is 35.5. The molecule has 10 nitrogen and oxygen atoms in total. The van der Waals surface area contributed by atoms with Crippen LogP contribution in [0.1, 0.15) is 64.3 Å². The zero-order chi connectivity index (χ0) is 42.2. The molecule has 1 heterocycles. The largest absolute Gasteiger partial charge is 0.503 e. The Morgan fingerprint density at radius 2 is 1.77 bits per heavy atom. The van der Waals surface area contributed by atoms with Gasteiger partial charge in [-0.2, -0.15) is 18.2 Å². The van der Waals surface area contributed by atoms with Crippen LogP contribution < -0.4 is 10.1 Å². The number of esters is 2. The number of carbonyl (C=O) groups is 3. The van der Waals surface area contributed by atoms with Crippen molar-refractivity contribution in [2.45, 2.75) is 66.3 Å². The second-order valence-electron chi connectivity index (χ2n) is 14.1. The number of Topliss-reactive ketones (excluding diaryl/α,β-unsaturated/α-hetero) is 1. The van der Waals surface area contributed by atoms with Crippen molar-refractivity contribution in [2.24, 2.45) is 17.3 Å². The van der Waals surface area contributed by atoms with E-state index in [9.17, 15) is 27.6 Å². The van der Waals surface area contributed by atoms with Gasteiger partial charge in [-0.3, -0.25) is 9.59 Å². The average Bonchev–Trinajstić information content (AvgIpc) is 3.58. The smallest absolute Gasteiger partial charge is 0.433 e. The van der Waals surface area contributed by atoms with Gasteiger partial charge in [0.05, 0.1) is 43.5 Å². The summed E-state index contributed by atoms with van der Waals surface area (Å²) in [5.74, 6) is -1.37. The molecule has 0 aliphatic heterocycles. The second-order valence-corrected chi connectivity index (χ2v) is 15.0. The third-order valence-corrected chi connectivity index (χ3v) is 9.99. The lowest BCUT2D eigenvalue weighted by Gasteiger charge is -2.15. The standard InChI is InChI=1S/C23H18Cl2F3N3O4.C19H26O3/c1-33-12-16(21(32)34-2)15-6-4-3-5-13(15)11-35-20-10-19(23(26,27)28)30-22(31-20)29-18-8-7-14(24)9-17(18)25;1-7-8-13-12(4)16(10-15(13)20)22-18(21)17-14(9-11(2)3)19(17,5)6/h3-10,12H,11H2,1-2H3,(H,29,30,31);7,9,14,16-17H,1,8,10H2,2-6H3/b16-12+;. The molecule has 15 heteroatoms. The maximum atomic E-state index is 13.5. The Kier molecular flexibility index (Phi) is 14.8. The highest BCUT2D eigenvalue weighted by Crippen LogP contribution is 2.60. The van der Waals surface area contributed by atoms with Crippen molar-refractivity contribution >= 4 is 58.1 Å². The molecule has 3 unspecified atom stereocenters. The quantitative estimate of drug-likeness (QED) is 0.0770. The van der Waals surface area contributed by atoms with E-state index >= 15 is 0 Å². The van der Waals surface area contributed by atoms with Crippen molar-refractivity contribution in [3.63, 3.8) is 0 Å². The van der Waals surface area contributed by atoms with Gasteiger partial charge in [-0.25, -0.2) is 9.78 Å².